The van der Waals surface area contributed by atoms with E-state index in [2.05, 4.69) is 0 Å². The van der Waals surface area contributed by atoms with Crippen LogP contribution in [0.5, 0.6) is 0 Å². The van der Waals surface area contributed by atoms with Crippen LogP contribution in [0.25, 0.3) is 87.6 Å². The molecule has 9 aromatic rings. The van der Waals surface area contributed by atoms with Crippen molar-refractivity contribution >= 4 is 54.3 Å². The Morgan fingerprint density at radius 1 is 0.395 bits per heavy atom. The molecule has 0 fully saturated rings. The van der Waals surface area contributed by atoms with Gasteiger partial charge in [0.1, 0.15) is 11.2 Å². The first-order chi connectivity index (χ1) is 26.3. The molecule has 0 N–H and O–H groups in total. The summed E-state index contributed by atoms with van der Waals surface area (Å²) < 4.78 is 112. The number of rotatable bonds is 3. The number of hydrogen-bond acceptors (Lipinski definition) is 1. The second-order valence-electron chi connectivity index (χ2n) is 10.3. The van der Waals surface area contributed by atoms with Crippen LogP contribution >= 0.6 is 0 Å². The van der Waals surface area contributed by atoms with Gasteiger partial charge in [-0.2, -0.15) is 0 Å². The third kappa shape index (κ3) is 3.58. The van der Waals surface area contributed by atoms with Gasteiger partial charge >= 0.3 is 0 Å². The lowest BCUT2D eigenvalue weighted by atomic mass is 9.82. The van der Waals surface area contributed by atoms with Crippen LogP contribution in [0.3, 0.4) is 0 Å². The lowest BCUT2D eigenvalue weighted by Crippen LogP contribution is -1.93. The second-order valence-corrected chi connectivity index (χ2v) is 10.3. The zero-order chi connectivity index (χ0) is 38.8. The molecule has 0 radical (unpaired) electrons. The van der Waals surface area contributed by atoms with Gasteiger partial charge in [0.05, 0.1) is 16.4 Å². The highest BCUT2D eigenvalue weighted by Gasteiger charge is 2.22. The smallest absolute Gasteiger partial charge is 0.143 e. The van der Waals surface area contributed by atoms with E-state index in [0.29, 0.717) is 60.4 Å². The first kappa shape index (κ1) is 15.0. The second kappa shape index (κ2) is 9.44. The summed E-state index contributed by atoms with van der Waals surface area (Å²) in [6.07, 6.45) is 0. The Labute approximate surface area is 266 Å². The van der Waals surface area contributed by atoms with Crippen LogP contribution in [0.2, 0.25) is 0 Å². The molecule has 0 bridgehead atoms. The maximum Gasteiger partial charge on any atom is 0.143 e. The molecular formula is C42H26O. The van der Waals surface area contributed by atoms with Crippen LogP contribution in [-0.4, -0.2) is 0 Å². The fourth-order valence-electron chi connectivity index (χ4n) is 6.31. The first-order valence-corrected chi connectivity index (χ1v) is 13.8. The summed E-state index contributed by atoms with van der Waals surface area (Å²) >= 11 is 0. The molecule has 1 aromatic heterocycles. The molecule has 0 aliphatic rings. The summed E-state index contributed by atoms with van der Waals surface area (Å²) in [6.45, 7) is 0. The lowest BCUT2D eigenvalue weighted by molar-refractivity contribution is 0.670. The predicted molar refractivity (Wildman–Crippen MR) is 183 cm³/mol. The van der Waals surface area contributed by atoms with Crippen LogP contribution < -0.4 is 0 Å². The van der Waals surface area contributed by atoms with Gasteiger partial charge in [0.2, 0.25) is 0 Å². The van der Waals surface area contributed by atoms with Gasteiger partial charge in [-0.25, -0.2) is 0 Å². The molecule has 1 heteroatoms. The lowest BCUT2D eigenvalue weighted by Gasteiger charge is -2.20. The third-order valence-corrected chi connectivity index (χ3v) is 8.06. The summed E-state index contributed by atoms with van der Waals surface area (Å²) in [5, 5.41) is 3.64. The van der Waals surface area contributed by atoms with E-state index in [1.54, 1.807) is 18.2 Å². The summed E-state index contributed by atoms with van der Waals surface area (Å²) in [6, 6.07) is 20.1. The molecular weight excluding hydrogens is 520 g/mol. The van der Waals surface area contributed by atoms with Gasteiger partial charge in [-0.15, -0.1) is 0 Å². The van der Waals surface area contributed by atoms with Gasteiger partial charge in [-0.05, 0) is 72.3 Å². The number of para-hydroxylation sites is 1. The minimum absolute atomic E-state index is 0.0384. The molecule has 1 nitrogen and oxygen atoms in total. The summed E-state index contributed by atoms with van der Waals surface area (Å²) in [5.74, 6) is 0. The van der Waals surface area contributed by atoms with Gasteiger partial charge in [-0.1, -0.05) is 145 Å². The number of fused-ring (bicyclic) bond motifs is 6. The first-order valence-electron chi connectivity index (χ1n) is 19.8. The normalized spacial score (nSPS) is 15.6. The maximum atomic E-state index is 9.24. The quantitative estimate of drug-likeness (QED) is 0.197. The van der Waals surface area contributed by atoms with Crippen molar-refractivity contribution < 1.29 is 20.9 Å². The molecule has 0 saturated heterocycles. The van der Waals surface area contributed by atoms with Gasteiger partial charge in [-0.3, -0.25) is 0 Å². The molecule has 0 aliphatic heterocycles. The molecule has 0 spiro atoms. The van der Waals surface area contributed by atoms with E-state index < -0.39 is 66.5 Å². The van der Waals surface area contributed by atoms with E-state index in [-0.39, 0.29) is 27.9 Å². The Morgan fingerprint density at radius 3 is 1.70 bits per heavy atom. The summed E-state index contributed by atoms with van der Waals surface area (Å²) in [7, 11) is 0. The largest absolute Gasteiger partial charge is 0.455 e. The SMILES string of the molecule is [2H]c1c([2H])c([2H])c(-c2c(-c3c4ccccc4c(-c4c([2H])c([2H])c([2H])c5c([2H])c([2H])c([2H])c([2H])c45)c4ccccc34)ccc3c2oc2ccccc23)c([2H])c1[2H]. The Morgan fingerprint density at radius 2 is 0.977 bits per heavy atom. The average molecular weight is 559 g/mol. The fourth-order valence-corrected chi connectivity index (χ4v) is 6.31. The Bertz CT molecular complexity index is 3090. The van der Waals surface area contributed by atoms with Gasteiger partial charge in [0.15, 0.2) is 0 Å². The molecule has 9 rings (SSSR count). The highest BCUT2D eigenvalue weighted by molar-refractivity contribution is 6.25. The number of hydrogen-bond donors (Lipinski definition) is 0. The number of furan rings is 1. The van der Waals surface area contributed by atoms with Crippen molar-refractivity contribution in [2.24, 2.45) is 0 Å². The topological polar surface area (TPSA) is 13.1 Å². The maximum absolute atomic E-state index is 9.24. The molecule has 0 saturated carbocycles. The van der Waals surface area contributed by atoms with Crippen LogP contribution in [0.4, 0.5) is 0 Å². The van der Waals surface area contributed by atoms with Crippen LogP contribution in [0, 0.1) is 0 Å². The standard InChI is InChI=1S/C42H26O/c1-2-14-28(15-3-1)39-37(26-25-36-30-18-10-11-24-38(30)43-42(36)39)41-34-21-8-6-19-32(34)40(33-20-7-9-22-35(33)41)31-23-12-16-27-13-4-5-17-29(27)31/h1-26H/i1D,2D,3D,4D,5D,12D,13D,14D,15D,16D,17D,23D. The zero-order valence-electron chi connectivity index (χ0n) is 34.5. The zero-order valence-corrected chi connectivity index (χ0v) is 22.5. The van der Waals surface area contributed by atoms with E-state index in [0.717, 1.165) is 5.39 Å². The molecule has 0 aliphatic carbocycles. The van der Waals surface area contributed by atoms with Crippen molar-refractivity contribution in [3.8, 4) is 33.4 Å². The van der Waals surface area contributed by atoms with Gasteiger partial charge in [0, 0.05) is 16.3 Å². The van der Waals surface area contributed by atoms with E-state index in [4.69, 9.17) is 19.5 Å². The highest BCUT2D eigenvalue weighted by Crippen LogP contribution is 2.49. The van der Waals surface area contributed by atoms with Crippen LogP contribution in [0.1, 0.15) is 16.4 Å². The van der Waals surface area contributed by atoms with E-state index in [1.807, 2.05) is 66.7 Å². The number of benzene rings is 8. The Balaban J connectivity index is 1.52. The minimum atomic E-state index is -0.541. The summed E-state index contributed by atoms with van der Waals surface area (Å²) in [4.78, 5) is 0. The van der Waals surface area contributed by atoms with Gasteiger partial charge in [0.25, 0.3) is 0 Å². The molecule has 8 aromatic carbocycles. The molecule has 1 heterocycles. The monoisotopic (exact) mass is 558 g/mol. The minimum Gasteiger partial charge on any atom is -0.455 e. The molecule has 43 heavy (non-hydrogen) atoms. The van der Waals surface area contributed by atoms with Gasteiger partial charge < -0.3 is 4.42 Å². The fraction of sp³-hybridized carbons (Fsp3) is 0. The van der Waals surface area contributed by atoms with Crippen molar-refractivity contribution in [2.45, 2.75) is 0 Å². The van der Waals surface area contributed by atoms with E-state index in [1.165, 1.54) is 0 Å². The van der Waals surface area contributed by atoms with E-state index >= 15 is 0 Å². The third-order valence-electron chi connectivity index (χ3n) is 8.06. The molecule has 0 atom stereocenters. The van der Waals surface area contributed by atoms with Crippen molar-refractivity contribution in [3.05, 3.63) is 157 Å². The van der Waals surface area contributed by atoms with E-state index in [9.17, 15) is 1.37 Å². The molecule has 0 unspecified atom stereocenters. The van der Waals surface area contributed by atoms with Crippen LogP contribution in [-0.2, 0) is 0 Å². The Hall–Kier alpha value is -5.66. The average Bonchev–Trinajstić information content (AvgIpc) is 3.58. The van der Waals surface area contributed by atoms with Crippen molar-refractivity contribution in [2.75, 3.05) is 0 Å². The van der Waals surface area contributed by atoms with Crippen molar-refractivity contribution in [1.29, 1.82) is 0 Å². The van der Waals surface area contributed by atoms with Crippen molar-refractivity contribution in [1.82, 2.24) is 0 Å². The molecule has 200 valence electrons. The van der Waals surface area contributed by atoms with Crippen LogP contribution in [0.15, 0.2) is 162 Å². The predicted octanol–water partition coefficient (Wildman–Crippen LogP) is 12.0. The summed E-state index contributed by atoms with van der Waals surface area (Å²) in [5.41, 5.74) is 2.78. The Kier molecular flexibility index (Phi) is 3.29. The molecule has 0 amide bonds. The highest BCUT2D eigenvalue weighted by atomic mass is 16.3. The van der Waals surface area contributed by atoms with Crippen molar-refractivity contribution in [3.63, 3.8) is 0 Å².